The Hall–Kier alpha value is -1.73. The number of amides is 1. The third kappa shape index (κ3) is 6.50. The maximum atomic E-state index is 11.8. The number of benzene rings is 1. The lowest BCUT2D eigenvalue weighted by Gasteiger charge is -2.11. The number of rotatable bonds is 9. The van der Waals surface area contributed by atoms with Gasteiger partial charge in [-0.15, -0.1) is 0 Å². The van der Waals surface area contributed by atoms with Gasteiger partial charge in [0, 0.05) is 0 Å². The monoisotopic (exact) mass is 312 g/mol. The zero-order valence-corrected chi connectivity index (χ0v) is 12.7. The summed E-state index contributed by atoms with van der Waals surface area (Å²) >= 11 is 1.35. The normalized spacial score (nSPS) is 11.7. The number of para-hydroxylation sites is 2. The molecule has 0 saturated heterocycles. The molecule has 0 radical (unpaired) electrons. The fourth-order valence-electron chi connectivity index (χ4n) is 1.54. The van der Waals surface area contributed by atoms with Crippen molar-refractivity contribution in [1.29, 1.82) is 0 Å². The molecule has 0 aliphatic carbocycles. The van der Waals surface area contributed by atoms with Gasteiger partial charge < -0.3 is 20.9 Å². The Morgan fingerprint density at radius 2 is 2.14 bits per heavy atom. The Bertz CT molecular complexity index is 482. The highest BCUT2D eigenvalue weighted by Crippen LogP contribution is 2.23. The molecule has 21 heavy (non-hydrogen) atoms. The molecule has 1 aromatic carbocycles. The van der Waals surface area contributed by atoms with Crippen molar-refractivity contribution in [2.75, 3.05) is 23.4 Å². The number of aliphatic carboxylic acids is 1. The van der Waals surface area contributed by atoms with Gasteiger partial charge in [-0.2, -0.15) is 11.8 Å². The first kappa shape index (κ1) is 17.3. The van der Waals surface area contributed by atoms with Crippen LogP contribution in [0, 0.1) is 0 Å². The summed E-state index contributed by atoms with van der Waals surface area (Å²) in [6.45, 7) is 2.40. The van der Waals surface area contributed by atoms with Crippen LogP contribution in [0.1, 0.15) is 13.3 Å². The van der Waals surface area contributed by atoms with E-state index in [9.17, 15) is 9.59 Å². The second-order valence-corrected chi connectivity index (χ2v) is 5.37. The highest BCUT2D eigenvalue weighted by molar-refractivity contribution is 7.99. The van der Waals surface area contributed by atoms with Crippen molar-refractivity contribution in [3.8, 4) is 5.75 Å². The number of carbonyl (C=O) groups excluding carboxylic acids is 1. The summed E-state index contributed by atoms with van der Waals surface area (Å²) in [6.07, 6.45) is 0.336. The molecule has 1 amide bonds. The van der Waals surface area contributed by atoms with Gasteiger partial charge in [0.2, 0.25) is 5.91 Å². The van der Waals surface area contributed by atoms with Crippen LogP contribution >= 0.6 is 11.8 Å². The van der Waals surface area contributed by atoms with E-state index in [0.717, 1.165) is 0 Å². The number of anilines is 1. The van der Waals surface area contributed by atoms with Crippen LogP contribution in [-0.4, -0.2) is 41.1 Å². The molecule has 0 aliphatic rings. The second kappa shape index (κ2) is 9.25. The zero-order valence-electron chi connectivity index (χ0n) is 11.9. The molecule has 1 unspecified atom stereocenters. The molecule has 1 atom stereocenters. The largest absolute Gasteiger partial charge is 0.492 e. The molecule has 4 N–H and O–H groups in total. The van der Waals surface area contributed by atoms with E-state index in [0.29, 0.717) is 30.2 Å². The number of ether oxygens (including phenoxy) is 1. The summed E-state index contributed by atoms with van der Waals surface area (Å²) in [4.78, 5) is 22.4. The molecule has 7 heteroatoms. The van der Waals surface area contributed by atoms with Crippen LogP contribution in [0.2, 0.25) is 0 Å². The number of nitrogens with two attached hydrogens (primary N) is 1. The van der Waals surface area contributed by atoms with E-state index in [1.807, 2.05) is 19.1 Å². The Balaban J connectivity index is 2.35. The molecule has 0 spiro atoms. The molecule has 0 heterocycles. The van der Waals surface area contributed by atoms with Gasteiger partial charge in [-0.1, -0.05) is 12.1 Å². The Labute approximate surface area is 128 Å². The van der Waals surface area contributed by atoms with Crippen LogP contribution in [-0.2, 0) is 9.59 Å². The number of carbonyl (C=O) groups is 2. The quantitative estimate of drug-likeness (QED) is 0.598. The van der Waals surface area contributed by atoms with Gasteiger partial charge in [0.15, 0.2) is 0 Å². The standard InChI is InChI=1S/C14H20N2O4S/c1-2-20-12-6-4-3-5-11(12)16-13(17)9-21-8-7-10(15)14(18)19/h3-6,10H,2,7-9,15H2,1H3,(H,16,17)(H,18,19). The second-order valence-electron chi connectivity index (χ2n) is 4.26. The van der Waals surface area contributed by atoms with Crippen molar-refractivity contribution >= 4 is 29.3 Å². The van der Waals surface area contributed by atoms with Gasteiger partial charge in [0.25, 0.3) is 0 Å². The fraction of sp³-hybridized carbons (Fsp3) is 0.429. The van der Waals surface area contributed by atoms with Crippen LogP contribution in [0.25, 0.3) is 0 Å². The summed E-state index contributed by atoms with van der Waals surface area (Å²) in [6, 6.07) is 6.34. The van der Waals surface area contributed by atoms with Crippen LogP contribution in [0.4, 0.5) is 5.69 Å². The molecule has 1 rings (SSSR count). The SMILES string of the molecule is CCOc1ccccc1NC(=O)CSCCC(N)C(=O)O. The number of thioether (sulfide) groups is 1. The molecular weight excluding hydrogens is 292 g/mol. The average molecular weight is 312 g/mol. The van der Waals surface area contributed by atoms with E-state index >= 15 is 0 Å². The summed E-state index contributed by atoms with van der Waals surface area (Å²) in [5, 5.41) is 11.4. The average Bonchev–Trinajstić information content (AvgIpc) is 2.45. The summed E-state index contributed by atoms with van der Waals surface area (Å²) in [7, 11) is 0. The molecule has 0 saturated carbocycles. The first-order valence-electron chi connectivity index (χ1n) is 6.62. The molecule has 1 aromatic rings. The predicted molar refractivity (Wildman–Crippen MR) is 83.8 cm³/mol. The molecule has 0 aliphatic heterocycles. The van der Waals surface area contributed by atoms with Crippen molar-refractivity contribution in [3.63, 3.8) is 0 Å². The van der Waals surface area contributed by atoms with Crippen molar-refractivity contribution in [2.24, 2.45) is 5.73 Å². The van der Waals surface area contributed by atoms with Crippen molar-refractivity contribution < 1.29 is 19.4 Å². The first-order chi connectivity index (χ1) is 10.0. The van der Waals surface area contributed by atoms with Crippen molar-refractivity contribution in [2.45, 2.75) is 19.4 Å². The van der Waals surface area contributed by atoms with E-state index < -0.39 is 12.0 Å². The smallest absolute Gasteiger partial charge is 0.320 e. The minimum Gasteiger partial charge on any atom is -0.492 e. The van der Waals surface area contributed by atoms with Gasteiger partial charge in [-0.05, 0) is 31.2 Å². The molecule has 116 valence electrons. The maximum absolute atomic E-state index is 11.8. The van der Waals surface area contributed by atoms with Crippen LogP contribution in [0.3, 0.4) is 0 Å². The van der Waals surface area contributed by atoms with E-state index in [1.54, 1.807) is 12.1 Å². The number of carboxylic acid groups (broad SMARTS) is 1. The minimum atomic E-state index is -1.02. The molecule has 6 nitrogen and oxygen atoms in total. The lowest BCUT2D eigenvalue weighted by Crippen LogP contribution is -2.30. The summed E-state index contributed by atoms with van der Waals surface area (Å²) in [5.74, 6) is 0.217. The van der Waals surface area contributed by atoms with Gasteiger partial charge in [0.1, 0.15) is 11.8 Å². The van der Waals surface area contributed by atoms with Crippen LogP contribution in [0.5, 0.6) is 5.75 Å². The number of hydrogen-bond acceptors (Lipinski definition) is 5. The van der Waals surface area contributed by atoms with Crippen LogP contribution in [0.15, 0.2) is 24.3 Å². The van der Waals surface area contributed by atoms with Gasteiger partial charge in [-0.25, -0.2) is 0 Å². The van der Waals surface area contributed by atoms with Crippen molar-refractivity contribution in [3.05, 3.63) is 24.3 Å². The van der Waals surface area contributed by atoms with Gasteiger partial charge in [-0.3, -0.25) is 9.59 Å². The third-order valence-corrected chi connectivity index (χ3v) is 3.58. The zero-order chi connectivity index (χ0) is 15.7. The molecule has 0 fully saturated rings. The van der Waals surface area contributed by atoms with E-state index in [2.05, 4.69) is 5.32 Å². The van der Waals surface area contributed by atoms with Crippen LogP contribution < -0.4 is 15.8 Å². The van der Waals surface area contributed by atoms with E-state index in [1.165, 1.54) is 11.8 Å². The highest BCUT2D eigenvalue weighted by atomic mass is 32.2. The topological polar surface area (TPSA) is 102 Å². The Morgan fingerprint density at radius 3 is 2.81 bits per heavy atom. The first-order valence-corrected chi connectivity index (χ1v) is 7.77. The van der Waals surface area contributed by atoms with E-state index in [-0.39, 0.29) is 11.7 Å². The molecular formula is C14H20N2O4S. The van der Waals surface area contributed by atoms with Crippen molar-refractivity contribution in [1.82, 2.24) is 0 Å². The molecule has 0 bridgehead atoms. The highest BCUT2D eigenvalue weighted by Gasteiger charge is 2.11. The minimum absolute atomic E-state index is 0.156. The van der Waals surface area contributed by atoms with Gasteiger partial charge >= 0.3 is 5.97 Å². The summed E-state index contributed by atoms with van der Waals surface area (Å²) in [5.41, 5.74) is 6.01. The Morgan fingerprint density at radius 1 is 1.43 bits per heavy atom. The van der Waals surface area contributed by atoms with E-state index in [4.69, 9.17) is 15.6 Å². The third-order valence-electron chi connectivity index (χ3n) is 2.58. The predicted octanol–water partition coefficient (Wildman–Crippen LogP) is 1.56. The number of carboxylic acids is 1. The maximum Gasteiger partial charge on any atom is 0.320 e. The lowest BCUT2D eigenvalue weighted by molar-refractivity contribution is -0.138. The number of hydrogen-bond donors (Lipinski definition) is 3. The fourth-order valence-corrected chi connectivity index (χ4v) is 2.36. The summed E-state index contributed by atoms with van der Waals surface area (Å²) < 4.78 is 5.42. The molecule has 0 aromatic heterocycles. The lowest BCUT2D eigenvalue weighted by atomic mass is 10.2. The van der Waals surface area contributed by atoms with Gasteiger partial charge in [0.05, 0.1) is 18.0 Å². The Kier molecular flexibility index (Phi) is 7.63. The number of nitrogens with one attached hydrogen (secondary N) is 1.